The highest BCUT2D eigenvalue weighted by Gasteiger charge is 2.14. The van der Waals surface area contributed by atoms with Crippen molar-refractivity contribution >= 4 is 28.4 Å². The van der Waals surface area contributed by atoms with Gasteiger partial charge in [-0.2, -0.15) is 0 Å². The lowest BCUT2D eigenvalue weighted by atomic mass is 10.1. The van der Waals surface area contributed by atoms with Crippen LogP contribution in [-0.4, -0.2) is 21.5 Å². The topological polar surface area (TPSA) is 50.7 Å². The van der Waals surface area contributed by atoms with Crippen molar-refractivity contribution in [2.45, 2.75) is 33.6 Å². The zero-order valence-corrected chi connectivity index (χ0v) is 14.9. The SMILES string of the molecule is CCCNc1nc(-c2ccncc2)nc(CC(C)C)c1I. The van der Waals surface area contributed by atoms with Gasteiger partial charge in [0.1, 0.15) is 5.82 Å². The van der Waals surface area contributed by atoms with E-state index in [-0.39, 0.29) is 0 Å². The fourth-order valence-corrected chi connectivity index (χ4v) is 2.66. The van der Waals surface area contributed by atoms with Gasteiger partial charge in [-0.3, -0.25) is 4.98 Å². The van der Waals surface area contributed by atoms with E-state index in [2.05, 4.69) is 53.7 Å². The third-order valence-corrected chi connectivity index (χ3v) is 4.14. The molecule has 21 heavy (non-hydrogen) atoms. The molecule has 2 aromatic rings. The number of nitrogens with zero attached hydrogens (tertiary/aromatic N) is 3. The van der Waals surface area contributed by atoms with Gasteiger partial charge in [0.05, 0.1) is 9.26 Å². The Morgan fingerprint density at radius 1 is 1.19 bits per heavy atom. The summed E-state index contributed by atoms with van der Waals surface area (Å²) in [6.45, 7) is 7.50. The second kappa shape index (κ2) is 7.68. The second-order valence-electron chi connectivity index (χ2n) is 5.42. The normalized spacial score (nSPS) is 10.9. The van der Waals surface area contributed by atoms with Gasteiger partial charge in [-0.25, -0.2) is 9.97 Å². The molecule has 1 N–H and O–H groups in total. The van der Waals surface area contributed by atoms with Gasteiger partial charge in [0.15, 0.2) is 5.82 Å². The molecule has 0 saturated carbocycles. The molecule has 0 radical (unpaired) electrons. The molecule has 0 aromatic carbocycles. The molecular formula is C16H21IN4. The van der Waals surface area contributed by atoms with Crippen LogP contribution in [0.15, 0.2) is 24.5 Å². The molecule has 2 rings (SSSR count). The summed E-state index contributed by atoms with van der Waals surface area (Å²) in [5, 5.41) is 3.41. The highest BCUT2D eigenvalue weighted by atomic mass is 127. The lowest BCUT2D eigenvalue weighted by molar-refractivity contribution is 0.632. The van der Waals surface area contributed by atoms with E-state index in [9.17, 15) is 0 Å². The highest BCUT2D eigenvalue weighted by molar-refractivity contribution is 14.1. The molecule has 2 aromatic heterocycles. The molecule has 0 spiro atoms. The maximum Gasteiger partial charge on any atom is 0.161 e. The summed E-state index contributed by atoms with van der Waals surface area (Å²) in [5.74, 6) is 2.28. The molecule has 0 aliphatic heterocycles. The molecule has 0 fully saturated rings. The Hall–Kier alpha value is -1.24. The third kappa shape index (κ3) is 4.36. The summed E-state index contributed by atoms with van der Waals surface area (Å²) in [5.41, 5.74) is 2.12. The predicted octanol–water partition coefficient (Wildman–Crippen LogP) is 4.16. The summed E-state index contributed by atoms with van der Waals surface area (Å²) in [6.07, 6.45) is 5.58. The summed E-state index contributed by atoms with van der Waals surface area (Å²) in [6, 6.07) is 3.90. The van der Waals surface area contributed by atoms with Gasteiger partial charge in [-0.15, -0.1) is 0 Å². The van der Waals surface area contributed by atoms with Crippen LogP contribution < -0.4 is 5.32 Å². The largest absolute Gasteiger partial charge is 0.369 e. The standard InChI is InChI=1S/C16H21IN4/c1-4-7-19-16-14(17)13(10-11(2)3)20-15(21-16)12-5-8-18-9-6-12/h5-6,8-9,11H,4,7,10H2,1-3H3,(H,19,20,21). The van der Waals surface area contributed by atoms with Crippen molar-refractivity contribution < 1.29 is 0 Å². The molecule has 0 amide bonds. The fraction of sp³-hybridized carbons (Fsp3) is 0.438. The first-order valence-electron chi connectivity index (χ1n) is 7.32. The van der Waals surface area contributed by atoms with Gasteiger partial charge in [0, 0.05) is 24.5 Å². The Balaban J connectivity index is 2.45. The van der Waals surface area contributed by atoms with Crippen LogP contribution in [0, 0.1) is 9.49 Å². The molecular weight excluding hydrogens is 375 g/mol. The number of hydrogen-bond donors (Lipinski definition) is 1. The van der Waals surface area contributed by atoms with Crippen LogP contribution in [0.4, 0.5) is 5.82 Å². The molecule has 0 atom stereocenters. The Bertz CT molecular complexity index is 584. The van der Waals surface area contributed by atoms with Gasteiger partial charge >= 0.3 is 0 Å². The molecule has 5 heteroatoms. The minimum absolute atomic E-state index is 0.567. The zero-order valence-electron chi connectivity index (χ0n) is 12.7. The second-order valence-corrected chi connectivity index (χ2v) is 6.50. The van der Waals surface area contributed by atoms with Crippen LogP contribution in [-0.2, 0) is 6.42 Å². The summed E-state index contributed by atoms with van der Waals surface area (Å²) in [7, 11) is 0. The van der Waals surface area contributed by atoms with Gasteiger partial charge in [-0.1, -0.05) is 20.8 Å². The van der Waals surface area contributed by atoms with Gasteiger partial charge < -0.3 is 5.32 Å². The van der Waals surface area contributed by atoms with Crippen molar-refractivity contribution in [1.82, 2.24) is 15.0 Å². The van der Waals surface area contributed by atoms with Crippen molar-refractivity contribution in [2.24, 2.45) is 5.92 Å². The van der Waals surface area contributed by atoms with Crippen molar-refractivity contribution in [3.63, 3.8) is 0 Å². The van der Waals surface area contributed by atoms with E-state index in [0.29, 0.717) is 5.92 Å². The van der Waals surface area contributed by atoms with Gasteiger partial charge in [0.25, 0.3) is 0 Å². The molecule has 4 nitrogen and oxygen atoms in total. The third-order valence-electron chi connectivity index (χ3n) is 3.00. The maximum absolute atomic E-state index is 4.77. The molecule has 2 heterocycles. The van der Waals surface area contributed by atoms with Crippen LogP contribution in [0.25, 0.3) is 11.4 Å². The number of nitrogens with one attached hydrogen (secondary N) is 1. The van der Waals surface area contributed by atoms with Crippen molar-refractivity contribution in [3.05, 3.63) is 33.8 Å². The Kier molecular flexibility index (Phi) is 5.90. The van der Waals surface area contributed by atoms with E-state index in [1.54, 1.807) is 12.4 Å². The number of rotatable bonds is 6. The summed E-state index contributed by atoms with van der Waals surface area (Å²) in [4.78, 5) is 13.5. The Morgan fingerprint density at radius 2 is 1.90 bits per heavy atom. The van der Waals surface area contributed by atoms with E-state index in [1.165, 1.54) is 0 Å². The number of halogens is 1. The van der Waals surface area contributed by atoms with Crippen LogP contribution in [0.1, 0.15) is 32.9 Å². The van der Waals surface area contributed by atoms with Crippen LogP contribution in [0.3, 0.4) is 0 Å². The van der Waals surface area contributed by atoms with Crippen LogP contribution >= 0.6 is 22.6 Å². The maximum atomic E-state index is 4.77. The van der Waals surface area contributed by atoms with Crippen molar-refractivity contribution in [3.8, 4) is 11.4 Å². The molecule has 0 unspecified atom stereocenters. The average molecular weight is 396 g/mol. The number of aromatic nitrogens is 3. The van der Waals surface area contributed by atoms with E-state index in [0.717, 1.165) is 45.9 Å². The van der Waals surface area contributed by atoms with Crippen LogP contribution in [0.5, 0.6) is 0 Å². The van der Waals surface area contributed by atoms with E-state index < -0.39 is 0 Å². The van der Waals surface area contributed by atoms with E-state index in [1.807, 2.05) is 12.1 Å². The first-order chi connectivity index (χ1) is 10.1. The predicted molar refractivity (Wildman–Crippen MR) is 95.3 cm³/mol. The minimum atomic E-state index is 0.567. The van der Waals surface area contributed by atoms with Gasteiger partial charge in [-0.05, 0) is 53.5 Å². The van der Waals surface area contributed by atoms with Crippen LogP contribution in [0.2, 0.25) is 0 Å². The Labute approximate surface area is 140 Å². The molecule has 0 aliphatic carbocycles. The Morgan fingerprint density at radius 3 is 2.52 bits per heavy atom. The smallest absolute Gasteiger partial charge is 0.161 e. The summed E-state index contributed by atoms with van der Waals surface area (Å²) >= 11 is 2.35. The zero-order chi connectivity index (χ0) is 15.2. The molecule has 0 aliphatic rings. The monoisotopic (exact) mass is 396 g/mol. The average Bonchev–Trinajstić information content (AvgIpc) is 2.48. The van der Waals surface area contributed by atoms with E-state index >= 15 is 0 Å². The number of pyridine rings is 1. The molecule has 0 saturated heterocycles. The number of anilines is 1. The first-order valence-corrected chi connectivity index (χ1v) is 8.40. The summed E-state index contributed by atoms with van der Waals surface area (Å²) < 4.78 is 1.13. The van der Waals surface area contributed by atoms with Crippen molar-refractivity contribution in [1.29, 1.82) is 0 Å². The highest BCUT2D eigenvalue weighted by Crippen LogP contribution is 2.25. The minimum Gasteiger partial charge on any atom is -0.369 e. The first kappa shape index (κ1) is 16.1. The lowest BCUT2D eigenvalue weighted by Crippen LogP contribution is -2.10. The van der Waals surface area contributed by atoms with E-state index in [4.69, 9.17) is 9.97 Å². The fourth-order valence-electron chi connectivity index (χ4n) is 2.01. The van der Waals surface area contributed by atoms with Crippen molar-refractivity contribution in [2.75, 3.05) is 11.9 Å². The molecule has 0 bridgehead atoms. The number of hydrogen-bond acceptors (Lipinski definition) is 4. The van der Waals surface area contributed by atoms with Gasteiger partial charge in [0.2, 0.25) is 0 Å². The lowest BCUT2D eigenvalue weighted by Gasteiger charge is -2.14. The molecule has 112 valence electrons. The quantitative estimate of drug-likeness (QED) is 0.745.